The van der Waals surface area contributed by atoms with E-state index in [2.05, 4.69) is 235 Å². The minimum Gasteiger partial charge on any atom is -0.310 e. The molecule has 0 saturated heterocycles. The van der Waals surface area contributed by atoms with Gasteiger partial charge in [0.1, 0.15) is 0 Å². The molecule has 0 atom stereocenters. The van der Waals surface area contributed by atoms with Gasteiger partial charge in [-0.2, -0.15) is 0 Å². The fraction of sp³-hybridized carbons (Fsp3) is 0.182. The lowest BCUT2D eigenvalue weighted by molar-refractivity contribution is 1.19. The van der Waals surface area contributed by atoms with Crippen molar-refractivity contribution in [2.45, 2.75) is 83.1 Å². The summed E-state index contributed by atoms with van der Waals surface area (Å²) in [4.78, 5) is 4.94. The third-order valence-corrected chi connectivity index (χ3v) is 16.9. The number of para-hydroxylation sites is 2. The maximum atomic E-state index is 2.56. The zero-order chi connectivity index (χ0) is 48.3. The summed E-state index contributed by atoms with van der Waals surface area (Å²) in [6.07, 6.45) is 0. The molecular formula is C66H58N4. The van der Waals surface area contributed by atoms with Gasteiger partial charge in [-0.05, 0) is 235 Å². The molecule has 4 heteroatoms. The van der Waals surface area contributed by atoms with E-state index in [0.29, 0.717) is 0 Å². The minimum atomic E-state index is 1.15. The Morgan fingerprint density at radius 2 is 0.500 bits per heavy atom. The highest BCUT2D eigenvalue weighted by atomic mass is 15.2. The Kier molecular flexibility index (Phi) is 8.97. The highest BCUT2D eigenvalue weighted by Gasteiger charge is 2.25. The summed E-state index contributed by atoms with van der Waals surface area (Å²) >= 11 is 0. The Morgan fingerprint density at radius 1 is 0.243 bits per heavy atom. The van der Waals surface area contributed by atoms with Crippen LogP contribution in [0.1, 0.15) is 66.8 Å². The molecule has 0 aliphatic rings. The minimum absolute atomic E-state index is 1.15. The van der Waals surface area contributed by atoms with Gasteiger partial charge in [0.05, 0.1) is 33.1 Å². The quantitative estimate of drug-likeness (QED) is 0.165. The maximum absolute atomic E-state index is 2.56. The number of benzene rings is 9. The van der Waals surface area contributed by atoms with E-state index >= 15 is 0 Å². The third-order valence-electron chi connectivity index (χ3n) is 16.9. The number of nitrogens with zero attached hydrogens (tertiary/aromatic N) is 4. The van der Waals surface area contributed by atoms with Gasteiger partial charge in [0.15, 0.2) is 0 Å². The number of fused-ring (bicyclic) bond motifs is 12. The summed E-state index contributed by atoms with van der Waals surface area (Å²) in [5.41, 5.74) is 30.3. The SMILES string of the molecule is Cc1cc(N(c2cc(C)c(C)c(C)c2)c2ccc3c4cccc5c6cc7c(cc6n(c3c2)c45)c2cccc3c4ccc(N(c5cc(C)c(C)c(C)c5)c5cc(C)c(C)c(C)c5)cc4n7c32)cc(C)c1C. The van der Waals surface area contributed by atoms with Gasteiger partial charge in [0.25, 0.3) is 0 Å². The van der Waals surface area contributed by atoms with Gasteiger partial charge in [-0.25, -0.2) is 0 Å². The van der Waals surface area contributed by atoms with Crippen LogP contribution in [0, 0.1) is 83.1 Å². The van der Waals surface area contributed by atoms with Crippen molar-refractivity contribution in [3.63, 3.8) is 0 Å². The Hall–Kier alpha value is -7.82. The Bertz CT molecular complexity index is 3890. The van der Waals surface area contributed by atoms with Crippen LogP contribution >= 0.6 is 0 Å². The molecule has 4 aromatic heterocycles. The predicted molar refractivity (Wildman–Crippen MR) is 302 cm³/mol. The van der Waals surface area contributed by atoms with Gasteiger partial charge in [-0.3, -0.25) is 0 Å². The van der Waals surface area contributed by atoms with E-state index in [4.69, 9.17) is 0 Å². The summed E-state index contributed by atoms with van der Waals surface area (Å²) in [7, 11) is 0. The number of aryl methyl sites for hydroxylation is 8. The van der Waals surface area contributed by atoms with E-state index in [-0.39, 0.29) is 0 Å². The second-order valence-electron chi connectivity index (χ2n) is 20.9. The van der Waals surface area contributed by atoms with Crippen LogP contribution in [0.3, 0.4) is 0 Å². The summed E-state index contributed by atoms with van der Waals surface area (Å²) in [6.45, 7) is 26.9. The first-order chi connectivity index (χ1) is 33.7. The first kappa shape index (κ1) is 42.3. The normalized spacial score (nSPS) is 12.3. The van der Waals surface area contributed by atoms with Crippen molar-refractivity contribution in [3.8, 4) is 0 Å². The lowest BCUT2D eigenvalue weighted by atomic mass is 9.99. The van der Waals surface area contributed by atoms with Crippen LogP contribution in [0.25, 0.3) is 76.2 Å². The van der Waals surface area contributed by atoms with Crippen molar-refractivity contribution >= 4 is 110 Å². The summed E-state index contributed by atoms with van der Waals surface area (Å²) in [6, 6.07) is 51.9. The summed E-state index contributed by atoms with van der Waals surface area (Å²) in [5.74, 6) is 0. The topological polar surface area (TPSA) is 15.3 Å². The smallest absolute Gasteiger partial charge is 0.0620 e. The Morgan fingerprint density at radius 3 is 0.786 bits per heavy atom. The molecule has 0 amide bonds. The zero-order valence-electron chi connectivity index (χ0n) is 42.5. The number of anilines is 6. The molecule has 13 aromatic rings. The van der Waals surface area contributed by atoms with Gasteiger partial charge in [-0.1, -0.05) is 48.5 Å². The van der Waals surface area contributed by atoms with E-state index < -0.39 is 0 Å². The molecule has 0 unspecified atom stereocenters. The molecule has 9 aromatic carbocycles. The first-order valence-electron chi connectivity index (χ1n) is 24.9. The summed E-state index contributed by atoms with van der Waals surface area (Å²) in [5, 5.41) is 10.2. The molecule has 0 saturated carbocycles. The molecule has 342 valence electrons. The van der Waals surface area contributed by atoms with E-state index in [0.717, 1.165) is 11.4 Å². The van der Waals surface area contributed by atoms with Gasteiger partial charge >= 0.3 is 0 Å². The fourth-order valence-electron chi connectivity index (χ4n) is 12.2. The Labute approximate surface area is 410 Å². The largest absolute Gasteiger partial charge is 0.310 e. The molecule has 0 aliphatic carbocycles. The van der Waals surface area contributed by atoms with Gasteiger partial charge < -0.3 is 18.6 Å². The Balaban J connectivity index is 1.07. The number of rotatable bonds is 6. The summed E-state index contributed by atoms with van der Waals surface area (Å²) < 4.78 is 5.13. The van der Waals surface area contributed by atoms with Crippen LogP contribution in [0.4, 0.5) is 34.1 Å². The molecule has 4 nitrogen and oxygen atoms in total. The van der Waals surface area contributed by atoms with Crippen molar-refractivity contribution in [1.29, 1.82) is 0 Å². The lowest BCUT2D eigenvalue weighted by Crippen LogP contribution is -2.12. The third kappa shape index (κ3) is 5.83. The van der Waals surface area contributed by atoms with E-state index in [1.807, 2.05) is 0 Å². The van der Waals surface area contributed by atoms with Crippen molar-refractivity contribution in [3.05, 3.63) is 200 Å². The van der Waals surface area contributed by atoms with Crippen LogP contribution in [0.15, 0.2) is 133 Å². The van der Waals surface area contributed by atoms with Crippen LogP contribution in [0.5, 0.6) is 0 Å². The molecule has 13 rings (SSSR count). The number of hydrogen-bond acceptors (Lipinski definition) is 2. The van der Waals surface area contributed by atoms with Crippen molar-refractivity contribution < 1.29 is 0 Å². The van der Waals surface area contributed by atoms with Crippen molar-refractivity contribution in [2.75, 3.05) is 9.80 Å². The molecule has 0 radical (unpaired) electrons. The molecule has 0 bridgehead atoms. The number of aromatic nitrogens is 2. The van der Waals surface area contributed by atoms with Crippen LogP contribution in [-0.4, -0.2) is 8.80 Å². The average molecular weight is 907 g/mol. The standard InChI is InChI=1S/C66H58N4/c1-35-23-49(24-36(2)43(35)9)67(50-25-37(3)44(10)38(4)26-50)47-19-21-53-55-15-13-17-57-59-34-64-60(33-63(59)69(65(55)57)61(53)31-47)58-18-14-16-56-54-22-20-48(32-62(54)70(64)66(56)58)68(51-27-39(5)45(11)40(6)28-51)52-29-41(7)46(12)42(8)30-52/h13-34H,1-12H3. The van der Waals surface area contributed by atoms with Crippen molar-refractivity contribution in [1.82, 2.24) is 8.80 Å². The molecular weight excluding hydrogens is 849 g/mol. The monoisotopic (exact) mass is 906 g/mol. The number of hydrogen-bond donors (Lipinski definition) is 0. The first-order valence-corrected chi connectivity index (χ1v) is 24.9. The molecule has 0 aliphatic heterocycles. The van der Waals surface area contributed by atoms with Gasteiger partial charge in [0, 0.05) is 77.2 Å². The van der Waals surface area contributed by atoms with Gasteiger partial charge in [0.2, 0.25) is 0 Å². The highest BCUT2D eigenvalue weighted by molar-refractivity contribution is 6.29. The van der Waals surface area contributed by atoms with Crippen LogP contribution in [0.2, 0.25) is 0 Å². The van der Waals surface area contributed by atoms with Crippen molar-refractivity contribution in [2.24, 2.45) is 0 Å². The molecule has 0 spiro atoms. The molecule has 0 fully saturated rings. The predicted octanol–water partition coefficient (Wildman–Crippen LogP) is 18.6. The van der Waals surface area contributed by atoms with Crippen LogP contribution < -0.4 is 9.80 Å². The highest BCUT2D eigenvalue weighted by Crippen LogP contribution is 2.48. The zero-order valence-corrected chi connectivity index (χ0v) is 42.5. The second kappa shape index (κ2) is 14.8. The van der Waals surface area contributed by atoms with Gasteiger partial charge in [-0.15, -0.1) is 0 Å². The van der Waals surface area contributed by atoms with E-state index in [9.17, 15) is 0 Å². The van der Waals surface area contributed by atoms with Crippen LogP contribution in [-0.2, 0) is 0 Å². The lowest BCUT2D eigenvalue weighted by Gasteiger charge is -2.28. The maximum Gasteiger partial charge on any atom is 0.0620 e. The molecule has 0 N–H and O–H groups in total. The second-order valence-corrected chi connectivity index (χ2v) is 20.9. The molecule has 70 heavy (non-hydrogen) atoms. The fourth-order valence-corrected chi connectivity index (χ4v) is 12.2. The van der Waals surface area contributed by atoms with E-state index in [1.54, 1.807) is 0 Å². The molecule has 4 heterocycles. The average Bonchev–Trinajstić information content (AvgIpc) is 4.06. The van der Waals surface area contributed by atoms with E-state index in [1.165, 1.54) is 166 Å².